The number of hydrogen-bond donors (Lipinski definition) is 1. The Morgan fingerprint density at radius 3 is 2.71 bits per heavy atom. The van der Waals surface area contributed by atoms with Gasteiger partial charge in [0.25, 0.3) is 0 Å². The van der Waals surface area contributed by atoms with Gasteiger partial charge in [-0.2, -0.15) is 16.7 Å². The van der Waals surface area contributed by atoms with E-state index in [0.717, 1.165) is 0 Å². The first-order valence-corrected chi connectivity index (χ1v) is 6.83. The van der Waals surface area contributed by atoms with Crippen molar-refractivity contribution in [3.05, 3.63) is 11.7 Å². The fraction of sp³-hybridized carbons (Fsp3) is 0.727. The lowest BCUT2D eigenvalue weighted by atomic mass is 9.76. The molecule has 0 saturated carbocycles. The molecule has 0 saturated heterocycles. The Hall–Kier alpha value is -1.04. The predicted molar refractivity (Wildman–Crippen MR) is 65.8 cm³/mol. The van der Waals surface area contributed by atoms with E-state index in [1.54, 1.807) is 18.7 Å². The molecule has 0 amide bonds. The maximum atomic E-state index is 11.3. The molecule has 0 bridgehead atoms. The molecular formula is C11H18N2O3S. The van der Waals surface area contributed by atoms with Crippen molar-refractivity contribution >= 4 is 17.7 Å². The Kier molecular flexibility index (Phi) is 4.56. The highest BCUT2D eigenvalue weighted by Gasteiger charge is 2.38. The molecule has 0 fully saturated rings. The van der Waals surface area contributed by atoms with Gasteiger partial charge in [-0.15, -0.1) is 0 Å². The number of aliphatic carboxylic acids is 1. The molecule has 0 aliphatic heterocycles. The third-order valence-corrected chi connectivity index (χ3v) is 3.61. The Labute approximate surface area is 105 Å². The summed E-state index contributed by atoms with van der Waals surface area (Å²) in [5.74, 6) is 0.847. The summed E-state index contributed by atoms with van der Waals surface area (Å²) in [5, 5.41) is 13.1. The molecule has 5 nitrogen and oxygen atoms in total. The number of carboxylic acid groups (broad SMARTS) is 1. The third kappa shape index (κ3) is 3.21. The Morgan fingerprint density at radius 1 is 1.59 bits per heavy atom. The first-order chi connectivity index (χ1) is 7.90. The van der Waals surface area contributed by atoms with E-state index in [1.807, 2.05) is 20.1 Å². The molecule has 1 atom stereocenters. The number of nitrogens with zero attached hydrogens (tertiary/aromatic N) is 2. The fourth-order valence-corrected chi connectivity index (χ4v) is 1.77. The number of aromatic nitrogens is 2. The summed E-state index contributed by atoms with van der Waals surface area (Å²) < 4.78 is 5.08. The van der Waals surface area contributed by atoms with E-state index in [9.17, 15) is 9.90 Å². The molecule has 1 unspecified atom stereocenters. The molecule has 17 heavy (non-hydrogen) atoms. The van der Waals surface area contributed by atoms with Gasteiger partial charge in [0, 0.05) is 6.42 Å². The predicted octanol–water partition coefficient (Wildman–Crippen LogP) is 2.22. The molecule has 96 valence electrons. The summed E-state index contributed by atoms with van der Waals surface area (Å²) in [4.78, 5) is 15.5. The molecular weight excluding hydrogens is 240 g/mol. The van der Waals surface area contributed by atoms with Crippen LogP contribution in [0.25, 0.3) is 0 Å². The average molecular weight is 258 g/mol. The highest BCUT2D eigenvalue weighted by Crippen LogP contribution is 2.31. The number of rotatable bonds is 6. The largest absolute Gasteiger partial charge is 0.481 e. The van der Waals surface area contributed by atoms with E-state index >= 15 is 0 Å². The molecule has 0 spiro atoms. The molecule has 0 aliphatic rings. The molecule has 1 aromatic rings. The summed E-state index contributed by atoms with van der Waals surface area (Å²) in [6.07, 6.45) is 2.22. The normalized spacial score (nSPS) is 14.9. The van der Waals surface area contributed by atoms with Gasteiger partial charge in [0.05, 0.1) is 11.2 Å². The molecule has 1 N–H and O–H groups in total. The smallest absolute Gasteiger partial charge is 0.310 e. The second kappa shape index (κ2) is 5.53. The van der Waals surface area contributed by atoms with Gasteiger partial charge in [-0.05, 0) is 19.1 Å². The summed E-state index contributed by atoms with van der Waals surface area (Å²) in [6.45, 7) is 5.47. The van der Waals surface area contributed by atoms with E-state index in [0.29, 0.717) is 17.5 Å². The van der Waals surface area contributed by atoms with Crippen LogP contribution in [0.3, 0.4) is 0 Å². The minimum atomic E-state index is -0.872. The second-order valence-electron chi connectivity index (χ2n) is 4.59. The fourth-order valence-electron chi connectivity index (χ4n) is 1.39. The van der Waals surface area contributed by atoms with Gasteiger partial charge in [0.1, 0.15) is 0 Å². The zero-order valence-electron chi connectivity index (χ0n) is 10.6. The minimum absolute atomic E-state index is 0.00380. The lowest BCUT2D eigenvalue weighted by molar-refractivity contribution is -0.150. The monoisotopic (exact) mass is 258 g/mol. The van der Waals surface area contributed by atoms with Crippen LogP contribution in [0.5, 0.6) is 0 Å². The molecule has 0 aliphatic carbocycles. The highest BCUT2D eigenvalue weighted by molar-refractivity contribution is 7.97. The minimum Gasteiger partial charge on any atom is -0.481 e. The molecule has 1 rings (SSSR count). The Morgan fingerprint density at radius 2 is 2.24 bits per heavy atom. The van der Waals surface area contributed by atoms with Crippen molar-refractivity contribution in [2.45, 2.75) is 32.9 Å². The SMILES string of the molecule is CSCc1noc(CC(C)(C(=O)O)C(C)C)n1. The topological polar surface area (TPSA) is 76.2 Å². The number of carboxylic acids is 1. The summed E-state index contributed by atoms with van der Waals surface area (Å²) >= 11 is 1.60. The van der Waals surface area contributed by atoms with Crippen LogP contribution < -0.4 is 0 Å². The first kappa shape index (κ1) is 14.0. The zero-order chi connectivity index (χ0) is 13.1. The van der Waals surface area contributed by atoms with Crippen molar-refractivity contribution in [2.75, 3.05) is 6.26 Å². The summed E-state index contributed by atoms with van der Waals surface area (Å²) in [7, 11) is 0. The van der Waals surface area contributed by atoms with Crippen molar-refractivity contribution in [1.29, 1.82) is 0 Å². The van der Waals surface area contributed by atoms with Crippen LogP contribution in [-0.2, 0) is 17.0 Å². The third-order valence-electron chi connectivity index (χ3n) is 3.06. The van der Waals surface area contributed by atoms with E-state index in [2.05, 4.69) is 10.1 Å². The van der Waals surface area contributed by atoms with Gasteiger partial charge in [-0.25, -0.2) is 0 Å². The number of thioether (sulfide) groups is 1. The molecule has 1 heterocycles. The first-order valence-electron chi connectivity index (χ1n) is 5.44. The van der Waals surface area contributed by atoms with Crippen LogP contribution >= 0.6 is 11.8 Å². The maximum Gasteiger partial charge on any atom is 0.310 e. The van der Waals surface area contributed by atoms with E-state index < -0.39 is 11.4 Å². The molecule has 6 heteroatoms. The number of hydrogen-bond acceptors (Lipinski definition) is 5. The van der Waals surface area contributed by atoms with Crippen LogP contribution in [0.2, 0.25) is 0 Å². The van der Waals surface area contributed by atoms with E-state index in [4.69, 9.17) is 4.52 Å². The van der Waals surface area contributed by atoms with E-state index in [1.165, 1.54) is 0 Å². The van der Waals surface area contributed by atoms with Crippen LogP contribution in [0.15, 0.2) is 4.52 Å². The average Bonchev–Trinajstić information content (AvgIpc) is 2.65. The lowest BCUT2D eigenvalue weighted by Gasteiger charge is -2.27. The van der Waals surface area contributed by atoms with Gasteiger partial charge in [0.15, 0.2) is 5.82 Å². The second-order valence-corrected chi connectivity index (χ2v) is 5.46. The van der Waals surface area contributed by atoms with E-state index in [-0.39, 0.29) is 12.3 Å². The van der Waals surface area contributed by atoms with Crippen LogP contribution in [0, 0.1) is 11.3 Å². The van der Waals surface area contributed by atoms with Crippen molar-refractivity contribution in [3.8, 4) is 0 Å². The van der Waals surface area contributed by atoms with Gasteiger partial charge < -0.3 is 9.63 Å². The summed E-state index contributed by atoms with van der Waals surface area (Å²) in [6, 6.07) is 0. The standard InChI is InChI=1S/C11H18N2O3S/c1-7(2)11(3,10(14)15)5-9-12-8(6-17-4)13-16-9/h7H,5-6H2,1-4H3,(H,14,15). The van der Waals surface area contributed by atoms with Crippen molar-refractivity contribution < 1.29 is 14.4 Å². The van der Waals surface area contributed by atoms with Gasteiger partial charge in [-0.3, -0.25) is 4.79 Å². The van der Waals surface area contributed by atoms with Crippen LogP contribution in [0.4, 0.5) is 0 Å². The quantitative estimate of drug-likeness (QED) is 0.843. The molecule has 0 radical (unpaired) electrons. The summed E-state index contributed by atoms with van der Waals surface area (Å²) in [5.41, 5.74) is -0.872. The van der Waals surface area contributed by atoms with Gasteiger partial charge in [-0.1, -0.05) is 19.0 Å². The Bertz CT molecular complexity index is 392. The zero-order valence-corrected chi connectivity index (χ0v) is 11.4. The van der Waals surface area contributed by atoms with Crippen molar-refractivity contribution in [3.63, 3.8) is 0 Å². The van der Waals surface area contributed by atoms with Crippen LogP contribution in [-0.4, -0.2) is 27.5 Å². The van der Waals surface area contributed by atoms with Crippen molar-refractivity contribution in [1.82, 2.24) is 10.1 Å². The number of carbonyl (C=O) groups is 1. The van der Waals surface area contributed by atoms with Crippen molar-refractivity contribution in [2.24, 2.45) is 11.3 Å². The highest BCUT2D eigenvalue weighted by atomic mass is 32.2. The van der Waals surface area contributed by atoms with Crippen LogP contribution in [0.1, 0.15) is 32.5 Å². The Balaban J connectivity index is 2.83. The molecule has 1 aromatic heterocycles. The van der Waals surface area contributed by atoms with Gasteiger partial charge >= 0.3 is 5.97 Å². The maximum absolute atomic E-state index is 11.3. The van der Waals surface area contributed by atoms with Gasteiger partial charge in [0.2, 0.25) is 5.89 Å². The lowest BCUT2D eigenvalue weighted by Crippen LogP contribution is -2.35. The molecule has 0 aromatic carbocycles.